The standard InChI is InChI=1S/C14H26N4O/c1-8-15-14(6,7)13(19)16-12-10(4)17-18(9(2)3)11(12)5/h9,15H,8H2,1-7H3,(H,16,19). The van der Waals surface area contributed by atoms with Crippen LogP contribution in [-0.2, 0) is 4.79 Å². The summed E-state index contributed by atoms with van der Waals surface area (Å²) in [7, 11) is 0. The molecule has 1 aromatic rings. The van der Waals surface area contributed by atoms with Gasteiger partial charge in [-0.1, -0.05) is 6.92 Å². The minimum Gasteiger partial charge on any atom is -0.321 e. The van der Waals surface area contributed by atoms with E-state index in [-0.39, 0.29) is 11.9 Å². The first-order chi connectivity index (χ1) is 8.70. The van der Waals surface area contributed by atoms with Crippen LogP contribution in [0.25, 0.3) is 0 Å². The van der Waals surface area contributed by atoms with Gasteiger partial charge in [0, 0.05) is 6.04 Å². The first-order valence-corrected chi connectivity index (χ1v) is 6.82. The lowest BCUT2D eigenvalue weighted by Crippen LogP contribution is -2.49. The van der Waals surface area contributed by atoms with Crippen molar-refractivity contribution >= 4 is 11.6 Å². The summed E-state index contributed by atoms with van der Waals surface area (Å²) in [5.74, 6) is -0.0381. The molecule has 0 spiro atoms. The van der Waals surface area contributed by atoms with E-state index in [1.807, 2.05) is 39.3 Å². The van der Waals surface area contributed by atoms with E-state index in [9.17, 15) is 4.79 Å². The zero-order valence-corrected chi connectivity index (χ0v) is 13.1. The molecule has 0 aliphatic heterocycles. The number of carbonyl (C=O) groups excluding carboxylic acids is 1. The Kier molecular flexibility index (Phi) is 4.74. The van der Waals surface area contributed by atoms with E-state index in [0.29, 0.717) is 0 Å². The Hall–Kier alpha value is -1.36. The third-order valence-electron chi connectivity index (χ3n) is 3.24. The van der Waals surface area contributed by atoms with Gasteiger partial charge in [-0.15, -0.1) is 0 Å². The molecule has 5 heteroatoms. The van der Waals surface area contributed by atoms with Gasteiger partial charge in [0.1, 0.15) is 0 Å². The molecule has 0 aromatic carbocycles. The van der Waals surface area contributed by atoms with Crippen LogP contribution in [0.2, 0.25) is 0 Å². The van der Waals surface area contributed by atoms with Gasteiger partial charge in [0.15, 0.2) is 0 Å². The molecule has 19 heavy (non-hydrogen) atoms. The fraction of sp³-hybridized carbons (Fsp3) is 0.714. The van der Waals surface area contributed by atoms with Crippen molar-refractivity contribution in [2.45, 2.75) is 60.0 Å². The Morgan fingerprint density at radius 2 is 1.95 bits per heavy atom. The second-order valence-corrected chi connectivity index (χ2v) is 5.69. The van der Waals surface area contributed by atoms with Gasteiger partial charge in [-0.3, -0.25) is 9.48 Å². The monoisotopic (exact) mass is 266 g/mol. The average Bonchev–Trinajstić information content (AvgIpc) is 2.56. The number of nitrogens with one attached hydrogen (secondary N) is 2. The molecule has 1 rings (SSSR count). The maximum absolute atomic E-state index is 12.3. The maximum atomic E-state index is 12.3. The SMILES string of the molecule is CCNC(C)(C)C(=O)Nc1c(C)nn(C(C)C)c1C. The molecule has 108 valence electrons. The lowest BCUT2D eigenvalue weighted by atomic mass is 10.0. The summed E-state index contributed by atoms with van der Waals surface area (Å²) in [5, 5.41) is 10.6. The van der Waals surface area contributed by atoms with E-state index < -0.39 is 5.54 Å². The van der Waals surface area contributed by atoms with Gasteiger partial charge in [0.05, 0.1) is 22.6 Å². The van der Waals surface area contributed by atoms with Crippen molar-refractivity contribution in [3.63, 3.8) is 0 Å². The summed E-state index contributed by atoms with van der Waals surface area (Å²) in [5.41, 5.74) is 2.08. The molecule has 1 heterocycles. The van der Waals surface area contributed by atoms with E-state index in [0.717, 1.165) is 23.6 Å². The van der Waals surface area contributed by atoms with Crippen LogP contribution in [0.4, 0.5) is 5.69 Å². The highest BCUT2D eigenvalue weighted by Gasteiger charge is 2.28. The zero-order valence-electron chi connectivity index (χ0n) is 13.1. The molecule has 0 saturated heterocycles. The van der Waals surface area contributed by atoms with Gasteiger partial charge in [-0.25, -0.2) is 0 Å². The van der Waals surface area contributed by atoms with Crippen molar-refractivity contribution in [1.82, 2.24) is 15.1 Å². The number of likely N-dealkylation sites (N-methyl/N-ethyl adjacent to an activating group) is 1. The predicted octanol–water partition coefficient (Wildman–Crippen LogP) is 2.41. The van der Waals surface area contributed by atoms with Crippen molar-refractivity contribution in [3.8, 4) is 0 Å². The summed E-state index contributed by atoms with van der Waals surface area (Å²) in [6.07, 6.45) is 0. The van der Waals surface area contributed by atoms with Gasteiger partial charge >= 0.3 is 0 Å². The number of aromatic nitrogens is 2. The van der Waals surface area contributed by atoms with Crippen molar-refractivity contribution in [2.75, 3.05) is 11.9 Å². The highest BCUT2D eigenvalue weighted by Crippen LogP contribution is 2.23. The third kappa shape index (κ3) is 3.35. The molecule has 5 nitrogen and oxygen atoms in total. The van der Waals surface area contributed by atoms with Crippen molar-refractivity contribution < 1.29 is 4.79 Å². The summed E-state index contributed by atoms with van der Waals surface area (Å²) < 4.78 is 1.94. The Labute approximate surface area is 115 Å². The van der Waals surface area contributed by atoms with Crippen molar-refractivity contribution in [1.29, 1.82) is 0 Å². The minimum atomic E-state index is -0.590. The molecular weight excluding hydrogens is 240 g/mol. The summed E-state index contributed by atoms with van der Waals surface area (Å²) >= 11 is 0. The fourth-order valence-electron chi connectivity index (χ4n) is 2.14. The highest BCUT2D eigenvalue weighted by molar-refractivity contribution is 5.98. The van der Waals surface area contributed by atoms with Crippen LogP contribution in [0.15, 0.2) is 0 Å². The molecule has 1 aromatic heterocycles. The van der Waals surface area contributed by atoms with Gasteiger partial charge in [-0.2, -0.15) is 5.10 Å². The van der Waals surface area contributed by atoms with Crippen molar-refractivity contribution in [2.24, 2.45) is 0 Å². The minimum absolute atomic E-state index is 0.0381. The lowest BCUT2D eigenvalue weighted by Gasteiger charge is -2.24. The van der Waals surface area contributed by atoms with Crippen LogP contribution in [0.5, 0.6) is 0 Å². The zero-order chi connectivity index (χ0) is 14.8. The molecule has 2 N–H and O–H groups in total. The molecule has 0 aliphatic rings. The number of rotatable bonds is 5. The quantitative estimate of drug-likeness (QED) is 0.860. The van der Waals surface area contributed by atoms with Gasteiger partial charge in [-0.05, 0) is 48.1 Å². The first-order valence-electron chi connectivity index (χ1n) is 6.82. The van der Waals surface area contributed by atoms with E-state index in [2.05, 4.69) is 29.6 Å². The number of anilines is 1. The fourth-order valence-corrected chi connectivity index (χ4v) is 2.14. The van der Waals surface area contributed by atoms with Gasteiger partial charge in [0.2, 0.25) is 5.91 Å². The molecule has 0 unspecified atom stereocenters. The Balaban J connectivity index is 2.98. The van der Waals surface area contributed by atoms with E-state index >= 15 is 0 Å². The van der Waals surface area contributed by atoms with Gasteiger partial charge < -0.3 is 10.6 Å². The van der Waals surface area contributed by atoms with E-state index in [1.54, 1.807) is 0 Å². The number of hydrogen-bond donors (Lipinski definition) is 2. The number of carbonyl (C=O) groups is 1. The largest absolute Gasteiger partial charge is 0.321 e. The summed E-state index contributed by atoms with van der Waals surface area (Å²) in [6.45, 7) is 14.6. The second-order valence-electron chi connectivity index (χ2n) is 5.69. The topological polar surface area (TPSA) is 59.0 Å². The number of nitrogens with zero attached hydrogens (tertiary/aromatic N) is 2. The average molecular weight is 266 g/mol. The van der Waals surface area contributed by atoms with Crippen LogP contribution < -0.4 is 10.6 Å². The molecule has 0 atom stereocenters. The van der Waals surface area contributed by atoms with Crippen LogP contribution in [0, 0.1) is 13.8 Å². The number of aryl methyl sites for hydroxylation is 1. The van der Waals surface area contributed by atoms with E-state index in [1.165, 1.54) is 0 Å². The van der Waals surface area contributed by atoms with E-state index in [4.69, 9.17) is 0 Å². The second kappa shape index (κ2) is 5.74. The highest BCUT2D eigenvalue weighted by atomic mass is 16.2. The molecule has 0 fully saturated rings. The normalized spacial score (nSPS) is 12.0. The summed E-state index contributed by atoms with van der Waals surface area (Å²) in [4.78, 5) is 12.3. The number of hydrogen-bond acceptors (Lipinski definition) is 3. The smallest absolute Gasteiger partial charge is 0.244 e. The molecule has 0 saturated carbocycles. The Morgan fingerprint density at radius 3 is 2.37 bits per heavy atom. The van der Waals surface area contributed by atoms with Crippen molar-refractivity contribution in [3.05, 3.63) is 11.4 Å². The van der Waals surface area contributed by atoms with Gasteiger partial charge in [0.25, 0.3) is 0 Å². The first kappa shape index (κ1) is 15.7. The molecule has 0 bridgehead atoms. The molecule has 0 aliphatic carbocycles. The Bertz CT molecular complexity index is 460. The maximum Gasteiger partial charge on any atom is 0.244 e. The van der Waals surface area contributed by atoms with Crippen LogP contribution in [0.1, 0.15) is 52.0 Å². The number of amides is 1. The van der Waals surface area contributed by atoms with Crippen LogP contribution in [0.3, 0.4) is 0 Å². The summed E-state index contributed by atoms with van der Waals surface area (Å²) in [6, 6.07) is 0.283. The van der Waals surface area contributed by atoms with Crippen LogP contribution >= 0.6 is 0 Å². The molecule has 1 amide bonds. The van der Waals surface area contributed by atoms with Crippen LogP contribution in [-0.4, -0.2) is 27.8 Å². The Morgan fingerprint density at radius 1 is 1.37 bits per heavy atom. The molecule has 0 radical (unpaired) electrons. The molecular formula is C14H26N4O. The lowest BCUT2D eigenvalue weighted by molar-refractivity contribution is -0.121. The third-order valence-corrected chi connectivity index (χ3v) is 3.24. The predicted molar refractivity (Wildman–Crippen MR) is 78.5 cm³/mol.